The van der Waals surface area contributed by atoms with Crippen LogP contribution in [-0.4, -0.2) is 48.6 Å². The van der Waals surface area contributed by atoms with Gasteiger partial charge < -0.3 is 10.0 Å². The van der Waals surface area contributed by atoms with Crippen molar-refractivity contribution in [1.29, 1.82) is 0 Å². The summed E-state index contributed by atoms with van der Waals surface area (Å²) in [6, 6.07) is 0. The lowest BCUT2D eigenvalue weighted by Crippen LogP contribution is -2.28. The van der Waals surface area contributed by atoms with Crippen LogP contribution in [0.5, 0.6) is 0 Å². The van der Waals surface area contributed by atoms with Gasteiger partial charge in [0.2, 0.25) is 0 Å². The highest BCUT2D eigenvalue weighted by molar-refractivity contribution is 5.66. The molecule has 0 aromatic rings. The van der Waals surface area contributed by atoms with E-state index in [1.165, 1.54) is 0 Å². The molecule has 1 fully saturated rings. The van der Waals surface area contributed by atoms with Gasteiger partial charge in [-0.1, -0.05) is 0 Å². The van der Waals surface area contributed by atoms with Crippen LogP contribution < -0.4 is 0 Å². The Hall–Kier alpha value is -0.820. The van der Waals surface area contributed by atoms with Crippen LogP contribution in [0, 0.1) is 5.92 Å². The number of hydrogen-bond acceptors (Lipinski definition) is 3. The standard InChI is InChI=1S/C10H16F3NO3/c11-10(12,13)17-6-5-14-4-3-8(7-14)1-2-9(15)16/h8H,1-7H2,(H,15,16). The number of alkyl halides is 3. The maximum absolute atomic E-state index is 11.7. The molecule has 0 aromatic heterocycles. The second kappa shape index (κ2) is 6.20. The Morgan fingerprint density at radius 2 is 2.18 bits per heavy atom. The summed E-state index contributed by atoms with van der Waals surface area (Å²) in [5, 5.41) is 8.51. The smallest absolute Gasteiger partial charge is 0.481 e. The maximum Gasteiger partial charge on any atom is 0.522 e. The molecule has 1 saturated heterocycles. The fraction of sp³-hybridized carbons (Fsp3) is 0.900. The molecular formula is C10H16F3NO3. The third-order valence-corrected chi connectivity index (χ3v) is 2.81. The van der Waals surface area contributed by atoms with E-state index < -0.39 is 12.3 Å². The minimum absolute atomic E-state index is 0.123. The van der Waals surface area contributed by atoms with Crippen molar-refractivity contribution >= 4 is 5.97 Å². The molecule has 1 aliphatic heterocycles. The van der Waals surface area contributed by atoms with E-state index in [0.717, 1.165) is 6.42 Å². The lowest BCUT2D eigenvalue weighted by Gasteiger charge is -2.16. The molecule has 1 unspecified atom stereocenters. The zero-order valence-corrected chi connectivity index (χ0v) is 9.37. The van der Waals surface area contributed by atoms with Crippen LogP contribution in [0.2, 0.25) is 0 Å². The zero-order valence-electron chi connectivity index (χ0n) is 9.37. The monoisotopic (exact) mass is 255 g/mol. The minimum Gasteiger partial charge on any atom is -0.481 e. The van der Waals surface area contributed by atoms with E-state index in [2.05, 4.69) is 4.74 Å². The van der Waals surface area contributed by atoms with Crippen LogP contribution >= 0.6 is 0 Å². The van der Waals surface area contributed by atoms with Gasteiger partial charge in [0.05, 0.1) is 6.61 Å². The SMILES string of the molecule is O=C(O)CCC1CCN(CCOC(F)(F)F)C1. The van der Waals surface area contributed by atoms with Gasteiger partial charge in [0, 0.05) is 19.5 Å². The van der Waals surface area contributed by atoms with Crippen molar-refractivity contribution in [2.45, 2.75) is 25.6 Å². The normalized spacial score (nSPS) is 21.9. The van der Waals surface area contributed by atoms with Crippen LogP contribution in [0.3, 0.4) is 0 Å². The molecule has 1 heterocycles. The first kappa shape index (κ1) is 14.2. The molecule has 0 spiro atoms. The van der Waals surface area contributed by atoms with Gasteiger partial charge in [-0.3, -0.25) is 9.53 Å². The Morgan fingerprint density at radius 3 is 2.76 bits per heavy atom. The highest BCUT2D eigenvalue weighted by Gasteiger charge is 2.30. The van der Waals surface area contributed by atoms with E-state index in [1.54, 1.807) is 0 Å². The average Bonchev–Trinajstić information content (AvgIpc) is 2.61. The van der Waals surface area contributed by atoms with Gasteiger partial charge >= 0.3 is 12.3 Å². The summed E-state index contributed by atoms with van der Waals surface area (Å²) in [4.78, 5) is 12.2. The topological polar surface area (TPSA) is 49.8 Å². The summed E-state index contributed by atoms with van der Waals surface area (Å²) >= 11 is 0. The van der Waals surface area contributed by atoms with E-state index >= 15 is 0 Å². The van der Waals surface area contributed by atoms with E-state index in [-0.39, 0.29) is 25.5 Å². The van der Waals surface area contributed by atoms with Crippen LogP contribution in [0.4, 0.5) is 13.2 Å². The van der Waals surface area contributed by atoms with Gasteiger partial charge in [0.15, 0.2) is 0 Å². The summed E-state index contributed by atoms with van der Waals surface area (Å²) < 4.78 is 38.8. The number of ether oxygens (including phenoxy) is 1. The molecule has 0 saturated carbocycles. The molecule has 0 bridgehead atoms. The van der Waals surface area contributed by atoms with E-state index in [0.29, 0.717) is 19.5 Å². The lowest BCUT2D eigenvalue weighted by atomic mass is 10.0. The van der Waals surface area contributed by atoms with Gasteiger partial charge in [-0.2, -0.15) is 0 Å². The van der Waals surface area contributed by atoms with Crippen LogP contribution in [0.25, 0.3) is 0 Å². The van der Waals surface area contributed by atoms with E-state index in [9.17, 15) is 18.0 Å². The molecule has 4 nitrogen and oxygen atoms in total. The Morgan fingerprint density at radius 1 is 1.47 bits per heavy atom. The summed E-state index contributed by atoms with van der Waals surface area (Å²) in [7, 11) is 0. The molecule has 0 radical (unpaired) electrons. The van der Waals surface area contributed by atoms with Crippen molar-refractivity contribution in [3.63, 3.8) is 0 Å². The summed E-state index contributed by atoms with van der Waals surface area (Å²) in [6.07, 6.45) is -3.01. The van der Waals surface area contributed by atoms with Gasteiger partial charge in [0.1, 0.15) is 0 Å². The predicted molar refractivity (Wildman–Crippen MR) is 53.4 cm³/mol. The summed E-state index contributed by atoms with van der Waals surface area (Å²) in [6.45, 7) is 1.25. The molecule has 100 valence electrons. The number of carboxylic acids is 1. The van der Waals surface area contributed by atoms with Crippen molar-refractivity contribution < 1.29 is 27.8 Å². The van der Waals surface area contributed by atoms with Gasteiger partial charge in [0.25, 0.3) is 0 Å². The number of carbonyl (C=O) groups is 1. The minimum atomic E-state index is -4.57. The Bertz CT molecular complexity index is 258. The Labute approximate surface area is 97.3 Å². The third-order valence-electron chi connectivity index (χ3n) is 2.81. The molecule has 1 N–H and O–H groups in total. The lowest BCUT2D eigenvalue weighted by molar-refractivity contribution is -0.324. The fourth-order valence-electron chi connectivity index (χ4n) is 1.97. The second-order valence-corrected chi connectivity index (χ2v) is 4.18. The largest absolute Gasteiger partial charge is 0.522 e. The first-order valence-corrected chi connectivity index (χ1v) is 5.51. The van der Waals surface area contributed by atoms with Crippen molar-refractivity contribution in [3.05, 3.63) is 0 Å². The number of halogens is 3. The molecule has 17 heavy (non-hydrogen) atoms. The molecule has 1 aliphatic rings. The predicted octanol–water partition coefficient (Wildman–Crippen LogP) is 1.71. The molecule has 7 heteroatoms. The zero-order chi connectivity index (χ0) is 12.9. The van der Waals surface area contributed by atoms with Crippen molar-refractivity contribution in [1.82, 2.24) is 4.90 Å². The second-order valence-electron chi connectivity index (χ2n) is 4.18. The van der Waals surface area contributed by atoms with Crippen molar-refractivity contribution in [3.8, 4) is 0 Å². The molecule has 1 rings (SSSR count). The van der Waals surface area contributed by atoms with E-state index in [1.807, 2.05) is 4.90 Å². The van der Waals surface area contributed by atoms with Crippen LogP contribution in [0.1, 0.15) is 19.3 Å². The first-order valence-electron chi connectivity index (χ1n) is 5.51. The summed E-state index contributed by atoms with van der Waals surface area (Å²) in [5.74, 6) is -0.555. The molecule has 0 amide bonds. The number of nitrogens with zero attached hydrogens (tertiary/aromatic N) is 1. The number of rotatable bonds is 6. The summed E-state index contributed by atoms with van der Waals surface area (Å²) in [5.41, 5.74) is 0. The average molecular weight is 255 g/mol. The fourth-order valence-corrected chi connectivity index (χ4v) is 1.97. The van der Waals surface area contributed by atoms with Crippen molar-refractivity contribution in [2.24, 2.45) is 5.92 Å². The Balaban J connectivity index is 2.11. The van der Waals surface area contributed by atoms with Gasteiger partial charge in [-0.05, 0) is 25.3 Å². The highest BCUT2D eigenvalue weighted by atomic mass is 19.4. The van der Waals surface area contributed by atoms with Crippen molar-refractivity contribution in [2.75, 3.05) is 26.2 Å². The number of aliphatic carboxylic acids is 1. The third kappa shape index (κ3) is 6.48. The van der Waals surface area contributed by atoms with Crippen LogP contribution in [-0.2, 0) is 9.53 Å². The molecule has 0 aromatic carbocycles. The molecule has 1 atom stereocenters. The molecular weight excluding hydrogens is 239 g/mol. The quantitative estimate of drug-likeness (QED) is 0.785. The van der Waals surface area contributed by atoms with Crippen LogP contribution in [0.15, 0.2) is 0 Å². The molecule has 0 aliphatic carbocycles. The number of hydrogen-bond donors (Lipinski definition) is 1. The van der Waals surface area contributed by atoms with Gasteiger partial charge in [-0.25, -0.2) is 0 Å². The Kier molecular flexibility index (Phi) is 5.20. The number of likely N-dealkylation sites (tertiary alicyclic amines) is 1. The highest BCUT2D eigenvalue weighted by Crippen LogP contribution is 2.21. The first-order chi connectivity index (χ1) is 7.87. The number of carboxylic acid groups (broad SMARTS) is 1. The maximum atomic E-state index is 11.7. The van der Waals surface area contributed by atoms with Gasteiger partial charge in [-0.15, -0.1) is 13.2 Å². The van der Waals surface area contributed by atoms with E-state index in [4.69, 9.17) is 5.11 Å².